The molecule has 4 nitrogen and oxygen atoms in total. The fourth-order valence-corrected chi connectivity index (χ4v) is 1.97. The van der Waals surface area contributed by atoms with Gasteiger partial charge < -0.3 is 14.9 Å². The maximum absolute atomic E-state index is 10.7. The van der Waals surface area contributed by atoms with Crippen molar-refractivity contribution in [2.45, 2.75) is 13.3 Å². The van der Waals surface area contributed by atoms with E-state index in [0.717, 1.165) is 5.56 Å². The Morgan fingerprint density at radius 1 is 1.11 bits per heavy atom. The lowest BCUT2D eigenvalue weighted by Crippen LogP contribution is -2.04. The fraction of sp³-hybridized carbons (Fsp3) is 0.133. The summed E-state index contributed by atoms with van der Waals surface area (Å²) >= 11 is 0. The maximum atomic E-state index is 10.7. The van der Waals surface area contributed by atoms with Gasteiger partial charge in [-0.1, -0.05) is 43.3 Å². The Morgan fingerprint density at radius 3 is 2.47 bits per heavy atom. The number of carbonyl (C=O) groups is 1. The van der Waals surface area contributed by atoms with E-state index in [1.165, 1.54) is 0 Å². The Kier molecular flexibility index (Phi) is 3.71. The minimum Gasteiger partial charge on any atom is -0.507 e. The number of hydrogen-bond acceptors (Lipinski definition) is 3. The van der Waals surface area contributed by atoms with Crippen LogP contribution in [0.25, 0.3) is 11.1 Å². The Balaban J connectivity index is 2.56. The van der Waals surface area contributed by atoms with Crippen molar-refractivity contribution in [1.29, 1.82) is 0 Å². The van der Waals surface area contributed by atoms with Gasteiger partial charge in [-0.3, -0.25) is 0 Å². The summed E-state index contributed by atoms with van der Waals surface area (Å²) in [6, 6.07) is 12.1. The number of phenols is 1. The molecule has 0 spiro atoms. The van der Waals surface area contributed by atoms with E-state index >= 15 is 0 Å². The van der Waals surface area contributed by atoms with Crippen LogP contribution in [-0.4, -0.2) is 16.4 Å². The normalized spacial score (nSPS) is 10.2. The largest absolute Gasteiger partial charge is 0.511 e. The van der Waals surface area contributed by atoms with Crippen LogP contribution in [0.2, 0.25) is 0 Å². The maximum Gasteiger partial charge on any atom is 0.511 e. The van der Waals surface area contributed by atoms with Crippen molar-refractivity contribution in [3.63, 3.8) is 0 Å². The highest BCUT2D eigenvalue weighted by Crippen LogP contribution is 2.37. The first-order chi connectivity index (χ1) is 9.13. The van der Waals surface area contributed by atoms with Crippen molar-refractivity contribution in [2.75, 3.05) is 0 Å². The molecule has 0 fully saturated rings. The second-order valence-corrected chi connectivity index (χ2v) is 4.03. The zero-order chi connectivity index (χ0) is 13.8. The van der Waals surface area contributed by atoms with Crippen LogP contribution in [0.5, 0.6) is 11.5 Å². The van der Waals surface area contributed by atoms with Crippen molar-refractivity contribution in [1.82, 2.24) is 0 Å². The minimum atomic E-state index is -1.38. The molecule has 4 heteroatoms. The number of carboxylic acid groups (broad SMARTS) is 1. The number of para-hydroxylation sites is 2. The lowest BCUT2D eigenvalue weighted by atomic mass is 9.99. The average Bonchev–Trinajstić information content (AvgIpc) is 2.39. The van der Waals surface area contributed by atoms with E-state index in [-0.39, 0.29) is 11.5 Å². The van der Waals surface area contributed by atoms with Crippen LogP contribution < -0.4 is 4.74 Å². The molecule has 2 rings (SSSR count). The Morgan fingerprint density at radius 2 is 1.79 bits per heavy atom. The molecule has 0 aliphatic rings. The lowest BCUT2D eigenvalue weighted by molar-refractivity contribution is 0.144. The first-order valence-corrected chi connectivity index (χ1v) is 5.94. The zero-order valence-electron chi connectivity index (χ0n) is 10.5. The van der Waals surface area contributed by atoms with Gasteiger partial charge in [0, 0.05) is 11.1 Å². The molecule has 2 N–H and O–H groups in total. The van der Waals surface area contributed by atoms with E-state index in [1.807, 2.05) is 19.1 Å². The topological polar surface area (TPSA) is 66.8 Å². The third kappa shape index (κ3) is 2.68. The van der Waals surface area contributed by atoms with Crippen LogP contribution >= 0.6 is 0 Å². The summed E-state index contributed by atoms with van der Waals surface area (Å²) in [5, 5.41) is 18.9. The van der Waals surface area contributed by atoms with Gasteiger partial charge in [-0.25, -0.2) is 4.79 Å². The van der Waals surface area contributed by atoms with Gasteiger partial charge >= 0.3 is 6.16 Å². The minimum absolute atomic E-state index is 0.159. The predicted molar refractivity (Wildman–Crippen MR) is 71.6 cm³/mol. The van der Waals surface area contributed by atoms with Gasteiger partial charge in [0.2, 0.25) is 0 Å². The molecule has 0 aliphatic carbocycles. The van der Waals surface area contributed by atoms with Gasteiger partial charge in [-0.2, -0.15) is 0 Å². The Labute approximate surface area is 110 Å². The molecule has 98 valence electrons. The number of rotatable bonds is 3. The molecule has 0 aliphatic heterocycles. The second kappa shape index (κ2) is 5.44. The van der Waals surface area contributed by atoms with Gasteiger partial charge in [0.15, 0.2) is 0 Å². The number of aryl methyl sites for hydroxylation is 1. The molecule has 0 saturated heterocycles. The van der Waals surface area contributed by atoms with Crippen molar-refractivity contribution in [3.8, 4) is 22.6 Å². The number of benzene rings is 2. The third-order valence-electron chi connectivity index (χ3n) is 2.87. The summed E-state index contributed by atoms with van der Waals surface area (Å²) in [6.07, 6.45) is -0.680. The number of phenolic OH excluding ortho intramolecular Hbond substituents is 1. The third-order valence-corrected chi connectivity index (χ3v) is 2.87. The van der Waals surface area contributed by atoms with Crippen molar-refractivity contribution < 1.29 is 19.7 Å². The SMILES string of the molecule is CCc1cccc(-c2ccccc2OC(=O)O)c1O. The van der Waals surface area contributed by atoms with Crippen LogP contribution in [0.15, 0.2) is 42.5 Å². The van der Waals surface area contributed by atoms with E-state index in [1.54, 1.807) is 30.3 Å². The highest BCUT2D eigenvalue weighted by molar-refractivity contribution is 5.78. The Hall–Kier alpha value is -2.49. The van der Waals surface area contributed by atoms with Gasteiger partial charge in [-0.05, 0) is 18.1 Å². The quantitative estimate of drug-likeness (QED) is 0.651. The van der Waals surface area contributed by atoms with Crippen molar-refractivity contribution >= 4 is 6.16 Å². The molecular formula is C15H14O4. The van der Waals surface area contributed by atoms with Crippen LogP contribution in [0.4, 0.5) is 4.79 Å². The van der Waals surface area contributed by atoms with E-state index in [4.69, 9.17) is 9.84 Å². The fourth-order valence-electron chi connectivity index (χ4n) is 1.97. The highest BCUT2D eigenvalue weighted by atomic mass is 16.7. The summed E-state index contributed by atoms with van der Waals surface area (Å²) in [7, 11) is 0. The molecule has 0 aromatic heterocycles. The molecule has 2 aromatic rings. The molecule has 0 radical (unpaired) electrons. The van der Waals surface area contributed by atoms with Crippen molar-refractivity contribution in [2.24, 2.45) is 0 Å². The lowest BCUT2D eigenvalue weighted by Gasteiger charge is -2.11. The molecular weight excluding hydrogens is 244 g/mol. The molecule has 0 saturated carbocycles. The molecule has 0 heterocycles. The van der Waals surface area contributed by atoms with E-state index in [9.17, 15) is 9.90 Å². The predicted octanol–water partition coefficient (Wildman–Crippen LogP) is 3.68. The van der Waals surface area contributed by atoms with Crippen molar-refractivity contribution in [3.05, 3.63) is 48.0 Å². The van der Waals surface area contributed by atoms with E-state index < -0.39 is 6.16 Å². The molecule has 0 unspecified atom stereocenters. The van der Waals surface area contributed by atoms with Crippen LogP contribution in [-0.2, 0) is 6.42 Å². The molecule has 2 aromatic carbocycles. The van der Waals surface area contributed by atoms with E-state index in [2.05, 4.69) is 0 Å². The first kappa shape index (κ1) is 13.0. The average molecular weight is 258 g/mol. The molecule has 0 bridgehead atoms. The Bertz CT molecular complexity index is 605. The molecule has 0 atom stereocenters. The summed E-state index contributed by atoms with van der Waals surface area (Å²) in [6.45, 7) is 1.94. The van der Waals surface area contributed by atoms with Gasteiger partial charge in [0.05, 0.1) is 0 Å². The monoisotopic (exact) mass is 258 g/mol. The smallest absolute Gasteiger partial charge is 0.507 e. The van der Waals surface area contributed by atoms with Crippen LogP contribution in [0.3, 0.4) is 0 Å². The highest BCUT2D eigenvalue weighted by Gasteiger charge is 2.13. The summed E-state index contributed by atoms with van der Waals surface area (Å²) in [5.41, 5.74) is 1.93. The van der Waals surface area contributed by atoms with Gasteiger partial charge in [-0.15, -0.1) is 0 Å². The standard InChI is InChI=1S/C15H14O4/c1-2-10-6-5-8-12(14(10)16)11-7-3-4-9-13(11)19-15(17)18/h3-9,16H,2H2,1H3,(H,17,18). The van der Waals surface area contributed by atoms with Crippen LogP contribution in [0, 0.1) is 0 Å². The van der Waals surface area contributed by atoms with Crippen LogP contribution in [0.1, 0.15) is 12.5 Å². The second-order valence-electron chi connectivity index (χ2n) is 4.03. The first-order valence-electron chi connectivity index (χ1n) is 5.94. The van der Waals surface area contributed by atoms with Gasteiger partial charge in [0.1, 0.15) is 11.5 Å². The van der Waals surface area contributed by atoms with E-state index in [0.29, 0.717) is 17.5 Å². The number of hydrogen-bond donors (Lipinski definition) is 2. The van der Waals surface area contributed by atoms with Gasteiger partial charge in [0.25, 0.3) is 0 Å². The molecule has 0 amide bonds. The summed E-state index contributed by atoms with van der Waals surface area (Å²) < 4.78 is 4.73. The summed E-state index contributed by atoms with van der Waals surface area (Å²) in [4.78, 5) is 10.7. The summed E-state index contributed by atoms with van der Waals surface area (Å²) in [5.74, 6) is 0.366. The molecule has 19 heavy (non-hydrogen) atoms. The number of aromatic hydroxyl groups is 1. The number of ether oxygens (including phenoxy) is 1. The zero-order valence-corrected chi connectivity index (χ0v) is 10.5.